The van der Waals surface area contributed by atoms with Crippen LogP contribution in [0, 0.1) is 0 Å². The smallest absolute Gasteiger partial charge is 0.0456 e. The molecule has 1 radical (unpaired) electrons. The first-order chi connectivity index (χ1) is 5.24. The van der Waals surface area contributed by atoms with Crippen molar-refractivity contribution in [1.29, 1.82) is 0 Å². The third-order valence-electron chi connectivity index (χ3n) is 1.28. The highest BCUT2D eigenvalue weighted by Crippen LogP contribution is 2.20. The average molecular weight is 204 g/mol. The van der Waals surface area contributed by atoms with E-state index in [0.717, 1.165) is 5.56 Å². The van der Waals surface area contributed by atoms with Crippen LogP contribution in [0.3, 0.4) is 0 Å². The Balaban J connectivity index is 2.98. The fraction of sp³-hybridized carbons (Fsp3) is 0.125. The summed E-state index contributed by atoms with van der Waals surface area (Å²) in [5, 5.41) is 3.89. The van der Waals surface area contributed by atoms with Crippen LogP contribution in [0.4, 0.5) is 0 Å². The number of benzene rings is 1. The highest BCUT2D eigenvalue weighted by molar-refractivity contribution is 7.78. The second-order valence-electron chi connectivity index (χ2n) is 2.06. The lowest BCUT2D eigenvalue weighted by Gasteiger charge is -1.98. The molecule has 0 atom stereocenters. The molecule has 0 aromatic heterocycles. The Morgan fingerprint density at radius 1 is 1.36 bits per heavy atom. The average Bonchev–Trinajstić information content (AvgIpc) is 1.95. The lowest BCUT2D eigenvalue weighted by molar-refractivity contribution is 1.38. The minimum atomic E-state index is 0.589. The Hall–Kier alpha value is -0.110. The quantitative estimate of drug-likeness (QED) is 0.665. The molecule has 0 aliphatic heterocycles. The summed E-state index contributed by atoms with van der Waals surface area (Å²) in [5.41, 5.74) is 0.964. The molecule has 0 heterocycles. The summed E-state index contributed by atoms with van der Waals surface area (Å²) >= 11 is 16.1. The van der Waals surface area contributed by atoms with Crippen molar-refractivity contribution in [3.63, 3.8) is 0 Å². The molecule has 0 aliphatic rings. The Morgan fingerprint density at radius 2 is 2.09 bits per heavy atom. The molecule has 0 fully saturated rings. The molecule has 1 aromatic carbocycles. The van der Waals surface area contributed by atoms with Gasteiger partial charge >= 0.3 is 0 Å². The van der Waals surface area contributed by atoms with Crippen LogP contribution in [-0.4, -0.2) is 5.37 Å². The van der Waals surface area contributed by atoms with E-state index in [4.69, 9.17) is 23.2 Å². The first-order valence-corrected chi connectivity index (χ1v) is 4.19. The van der Waals surface area contributed by atoms with Crippen molar-refractivity contribution in [3.05, 3.63) is 33.8 Å². The van der Waals surface area contributed by atoms with E-state index in [2.05, 4.69) is 17.6 Å². The maximum absolute atomic E-state index is 5.84. The van der Waals surface area contributed by atoms with Gasteiger partial charge in [-0.3, -0.25) is 0 Å². The molecule has 0 N–H and O–H groups in total. The van der Waals surface area contributed by atoms with Crippen molar-refractivity contribution >= 4 is 40.8 Å². The zero-order valence-electron chi connectivity index (χ0n) is 5.60. The summed E-state index contributed by atoms with van der Waals surface area (Å²) in [4.78, 5) is 0. The monoisotopic (exact) mass is 203 g/mol. The summed E-state index contributed by atoms with van der Waals surface area (Å²) in [6, 6.07) is 5.34. The van der Waals surface area contributed by atoms with Crippen molar-refractivity contribution in [1.82, 2.24) is 0 Å². The third-order valence-corrected chi connectivity index (χ3v) is 2.01. The molecule has 3 heteroatoms. The molecule has 0 saturated carbocycles. The van der Waals surface area contributed by atoms with Gasteiger partial charge in [-0.05, 0) is 17.7 Å². The molecule has 0 spiro atoms. The predicted octanol–water partition coefficient (Wildman–Crippen LogP) is 3.41. The van der Waals surface area contributed by atoms with Gasteiger partial charge in [0.25, 0.3) is 0 Å². The second kappa shape index (κ2) is 4.05. The molecule has 0 nitrogen and oxygen atoms in total. The van der Waals surface area contributed by atoms with E-state index >= 15 is 0 Å². The highest BCUT2D eigenvalue weighted by atomic mass is 35.5. The van der Waals surface area contributed by atoms with E-state index in [1.807, 2.05) is 6.07 Å². The molecule has 0 bridgehead atoms. The summed E-state index contributed by atoms with van der Waals surface area (Å²) < 4.78 is 0. The van der Waals surface area contributed by atoms with Crippen LogP contribution in [-0.2, 0) is 6.42 Å². The fourth-order valence-electron chi connectivity index (χ4n) is 0.743. The van der Waals surface area contributed by atoms with Gasteiger partial charge in [-0.2, -0.15) is 0 Å². The van der Waals surface area contributed by atoms with Gasteiger partial charge in [0, 0.05) is 21.8 Å². The van der Waals surface area contributed by atoms with Crippen molar-refractivity contribution in [2.75, 3.05) is 0 Å². The first kappa shape index (κ1) is 8.98. The molecule has 11 heavy (non-hydrogen) atoms. The van der Waals surface area contributed by atoms with Crippen LogP contribution in [0.5, 0.6) is 0 Å². The van der Waals surface area contributed by atoms with Gasteiger partial charge in [0.05, 0.1) is 0 Å². The molecule has 0 aliphatic carbocycles. The van der Waals surface area contributed by atoms with Crippen molar-refractivity contribution in [3.8, 4) is 0 Å². The summed E-state index contributed by atoms with van der Waals surface area (Å²) in [7, 11) is 0. The normalized spacial score (nSPS) is 9.64. The Morgan fingerprint density at radius 3 is 2.64 bits per heavy atom. The second-order valence-corrected chi connectivity index (χ2v) is 3.19. The van der Waals surface area contributed by atoms with Crippen LogP contribution in [0.2, 0.25) is 10.0 Å². The van der Waals surface area contributed by atoms with Crippen LogP contribution in [0.1, 0.15) is 5.56 Å². The number of rotatable bonds is 2. The van der Waals surface area contributed by atoms with E-state index in [1.165, 1.54) is 0 Å². The van der Waals surface area contributed by atoms with Crippen molar-refractivity contribution < 1.29 is 0 Å². The molecule has 0 saturated heterocycles. The van der Waals surface area contributed by atoms with Gasteiger partial charge in [-0.15, -0.1) is 0 Å². The van der Waals surface area contributed by atoms with Gasteiger partial charge in [0.2, 0.25) is 0 Å². The summed E-state index contributed by atoms with van der Waals surface area (Å²) in [5.74, 6) is 0. The zero-order valence-corrected chi connectivity index (χ0v) is 7.93. The molecular weight excluding hydrogens is 199 g/mol. The topological polar surface area (TPSA) is 0 Å². The van der Waals surface area contributed by atoms with Gasteiger partial charge < -0.3 is 0 Å². The molecule has 1 aromatic rings. The highest BCUT2D eigenvalue weighted by Gasteiger charge is 1.98. The maximum Gasteiger partial charge on any atom is 0.0456 e. The minimum absolute atomic E-state index is 0.589. The maximum atomic E-state index is 5.84. The van der Waals surface area contributed by atoms with Crippen LogP contribution in [0.25, 0.3) is 0 Å². The van der Waals surface area contributed by atoms with Gasteiger partial charge in [0.15, 0.2) is 0 Å². The third kappa shape index (κ3) is 2.44. The van der Waals surface area contributed by atoms with E-state index in [9.17, 15) is 0 Å². The Kier molecular flexibility index (Phi) is 3.31. The van der Waals surface area contributed by atoms with Crippen LogP contribution in [0.15, 0.2) is 18.2 Å². The number of thiocarbonyl (C=S) groups is 1. The standard InChI is InChI=1S/C8H5Cl2S/c9-7-2-1-6(3-4-11)8(10)5-7/h1-2,5H,3H2. The largest absolute Gasteiger partial charge is 0.0843 e. The SMILES string of the molecule is S=[C]Cc1ccc(Cl)cc1Cl. The molecule has 57 valence electrons. The Bertz CT molecular complexity index is 271. The van der Waals surface area contributed by atoms with Gasteiger partial charge in [-0.1, -0.05) is 41.5 Å². The number of hydrogen-bond donors (Lipinski definition) is 0. The molecule has 0 unspecified atom stereocenters. The minimum Gasteiger partial charge on any atom is -0.0843 e. The molecule has 1 rings (SSSR count). The summed E-state index contributed by atoms with van der Waals surface area (Å²) in [6.45, 7) is 0. The van der Waals surface area contributed by atoms with E-state index in [-0.39, 0.29) is 0 Å². The van der Waals surface area contributed by atoms with E-state index in [0.29, 0.717) is 16.5 Å². The van der Waals surface area contributed by atoms with Crippen molar-refractivity contribution in [2.24, 2.45) is 0 Å². The Labute approximate surface area is 81.1 Å². The molecule has 0 amide bonds. The lowest BCUT2D eigenvalue weighted by atomic mass is 10.2. The fourth-order valence-corrected chi connectivity index (χ4v) is 1.37. The van der Waals surface area contributed by atoms with Gasteiger partial charge in [0.1, 0.15) is 0 Å². The van der Waals surface area contributed by atoms with Crippen molar-refractivity contribution in [2.45, 2.75) is 6.42 Å². The zero-order chi connectivity index (χ0) is 8.27. The van der Waals surface area contributed by atoms with E-state index in [1.54, 1.807) is 12.1 Å². The van der Waals surface area contributed by atoms with Gasteiger partial charge in [-0.25, -0.2) is 0 Å². The first-order valence-electron chi connectivity index (χ1n) is 3.03. The number of hydrogen-bond acceptors (Lipinski definition) is 1. The molecular formula is C8H5Cl2S. The number of halogens is 2. The van der Waals surface area contributed by atoms with Crippen LogP contribution >= 0.6 is 35.4 Å². The predicted molar refractivity (Wildman–Crippen MR) is 52.8 cm³/mol. The lowest BCUT2D eigenvalue weighted by Crippen LogP contribution is -1.84. The summed E-state index contributed by atoms with van der Waals surface area (Å²) in [6.07, 6.45) is 0.589. The van der Waals surface area contributed by atoms with E-state index < -0.39 is 0 Å². The van der Waals surface area contributed by atoms with Crippen LogP contribution < -0.4 is 0 Å².